The van der Waals surface area contributed by atoms with Crippen LogP contribution in [0.1, 0.15) is 21.5 Å². The molecule has 3 rings (SSSR count). The van der Waals surface area contributed by atoms with E-state index in [0.717, 1.165) is 29.4 Å². The first kappa shape index (κ1) is 13.7. The van der Waals surface area contributed by atoms with E-state index in [9.17, 15) is 9.59 Å². The summed E-state index contributed by atoms with van der Waals surface area (Å²) in [5.74, 6) is -0.347. The molecule has 2 heterocycles. The molecule has 0 saturated carbocycles. The number of fused-ring (bicyclic) bond motifs is 1. The molecule has 1 aromatic carbocycles. The quantitative estimate of drug-likeness (QED) is 0.943. The highest BCUT2D eigenvalue weighted by Gasteiger charge is 2.18. The van der Waals surface area contributed by atoms with Crippen molar-refractivity contribution in [3.63, 3.8) is 0 Å². The zero-order valence-electron chi connectivity index (χ0n) is 11.0. The van der Waals surface area contributed by atoms with E-state index < -0.39 is 5.97 Å². The Balaban J connectivity index is 1.98. The molecule has 0 saturated heterocycles. The maximum absolute atomic E-state index is 12.0. The van der Waals surface area contributed by atoms with Gasteiger partial charge in [0.05, 0.1) is 18.7 Å². The van der Waals surface area contributed by atoms with Gasteiger partial charge in [-0.1, -0.05) is 11.6 Å². The summed E-state index contributed by atoms with van der Waals surface area (Å²) in [6.45, 7) is 0.900. The fraction of sp³-hybridized carbons (Fsp3) is 0.200. The molecule has 0 unspecified atom stereocenters. The molecule has 1 aromatic heterocycles. The van der Waals surface area contributed by atoms with Crippen molar-refractivity contribution in [3.05, 3.63) is 62.5 Å². The number of nitrogens with zero attached hydrogens (tertiary/aromatic N) is 1. The number of carboxylic acid groups (broad SMARTS) is 1. The minimum Gasteiger partial charge on any atom is -0.493 e. The molecule has 0 aliphatic carbocycles. The van der Waals surface area contributed by atoms with E-state index >= 15 is 0 Å². The smallest absolute Gasteiger partial charge is 0.335 e. The van der Waals surface area contributed by atoms with Crippen LogP contribution in [0.15, 0.2) is 35.3 Å². The number of carbonyl (C=O) groups is 1. The molecule has 6 heteroatoms. The summed E-state index contributed by atoms with van der Waals surface area (Å²) < 4.78 is 7.02. The Morgan fingerprint density at radius 1 is 1.38 bits per heavy atom. The zero-order valence-corrected chi connectivity index (χ0v) is 11.8. The zero-order chi connectivity index (χ0) is 15.0. The van der Waals surface area contributed by atoms with Gasteiger partial charge in [0.2, 0.25) is 0 Å². The number of carboxylic acids is 1. The van der Waals surface area contributed by atoms with Crippen molar-refractivity contribution in [1.82, 2.24) is 4.57 Å². The van der Waals surface area contributed by atoms with Crippen molar-refractivity contribution < 1.29 is 14.6 Å². The summed E-state index contributed by atoms with van der Waals surface area (Å²) in [6.07, 6.45) is 2.27. The lowest BCUT2D eigenvalue weighted by atomic mass is 10.1. The van der Waals surface area contributed by atoms with Crippen LogP contribution in [-0.4, -0.2) is 22.2 Å². The number of rotatable bonds is 3. The standard InChI is InChI=1S/C15H12ClNO4/c16-12-5-9-2-4-21-14(9)11(6-12)8-17-3-1-10(15(19)20)7-13(17)18/h1,3,5-7H,2,4,8H2,(H,19,20). The van der Waals surface area contributed by atoms with Gasteiger partial charge in [0.25, 0.3) is 5.56 Å². The monoisotopic (exact) mass is 305 g/mol. The molecular formula is C15H12ClNO4. The predicted octanol–water partition coefficient (Wildman–Crippen LogP) is 2.18. The second kappa shape index (κ2) is 5.26. The lowest BCUT2D eigenvalue weighted by molar-refractivity contribution is 0.0696. The molecule has 0 radical (unpaired) electrons. The van der Waals surface area contributed by atoms with E-state index in [0.29, 0.717) is 18.2 Å². The van der Waals surface area contributed by atoms with Crippen LogP contribution in [0.2, 0.25) is 5.02 Å². The molecule has 0 spiro atoms. The lowest BCUT2D eigenvalue weighted by Crippen LogP contribution is -2.21. The SMILES string of the molecule is O=C(O)c1ccn(Cc2cc(Cl)cc3c2OCC3)c(=O)c1. The molecule has 1 aliphatic heterocycles. The van der Waals surface area contributed by atoms with Crippen LogP contribution in [0.4, 0.5) is 0 Å². The lowest BCUT2D eigenvalue weighted by Gasteiger charge is -2.11. The number of hydrogen-bond acceptors (Lipinski definition) is 3. The van der Waals surface area contributed by atoms with Gasteiger partial charge in [0, 0.05) is 29.3 Å². The number of ether oxygens (including phenoxy) is 1. The van der Waals surface area contributed by atoms with Gasteiger partial charge >= 0.3 is 5.97 Å². The number of benzene rings is 1. The largest absolute Gasteiger partial charge is 0.493 e. The molecule has 0 fully saturated rings. The van der Waals surface area contributed by atoms with E-state index in [1.54, 1.807) is 6.07 Å². The number of aromatic nitrogens is 1. The Bertz CT molecular complexity index is 782. The Morgan fingerprint density at radius 2 is 2.19 bits per heavy atom. The summed E-state index contributed by atoms with van der Waals surface area (Å²) in [4.78, 5) is 22.8. The first-order chi connectivity index (χ1) is 10.0. The van der Waals surface area contributed by atoms with Gasteiger partial charge in [-0.15, -0.1) is 0 Å². The number of aromatic carboxylic acids is 1. The van der Waals surface area contributed by atoms with Gasteiger partial charge in [-0.25, -0.2) is 4.79 Å². The van der Waals surface area contributed by atoms with Crippen molar-refractivity contribution in [2.45, 2.75) is 13.0 Å². The van der Waals surface area contributed by atoms with Gasteiger partial charge in [-0.3, -0.25) is 4.79 Å². The summed E-state index contributed by atoms with van der Waals surface area (Å²) in [7, 11) is 0. The third kappa shape index (κ3) is 2.64. The topological polar surface area (TPSA) is 68.5 Å². The van der Waals surface area contributed by atoms with Crippen molar-refractivity contribution in [1.29, 1.82) is 0 Å². The van der Waals surface area contributed by atoms with Crippen LogP contribution in [0.3, 0.4) is 0 Å². The maximum Gasteiger partial charge on any atom is 0.335 e. The Labute approximate surface area is 125 Å². The number of hydrogen-bond donors (Lipinski definition) is 1. The normalized spacial score (nSPS) is 12.8. The fourth-order valence-electron chi connectivity index (χ4n) is 2.42. The minimum absolute atomic E-state index is 0.0242. The van der Waals surface area contributed by atoms with Crippen LogP contribution in [0.25, 0.3) is 0 Å². The maximum atomic E-state index is 12.0. The van der Waals surface area contributed by atoms with Crippen LogP contribution >= 0.6 is 11.6 Å². The van der Waals surface area contributed by atoms with E-state index in [-0.39, 0.29) is 11.1 Å². The van der Waals surface area contributed by atoms with Gasteiger partial charge in [0.15, 0.2) is 0 Å². The highest BCUT2D eigenvalue weighted by molar-refractivity contribution is 6.30. The third-order valence-electron chi connectivity index (χ3n) is 3.41. The van der Waals surface area contributed by atoms with E-state index in [1.807, 2.05) is 6.07 Å². The Hall–Kier alpha value is -2.27. The summed E-state index contributed by atoms with van der Waals surface area (Å²) in [5, 5.41) is 9.47. The average Bonchev–Trinajstić information content (AvgIpc) is 2.88. The molecule has 108 valence electrons. The molecule has 5 nitrogen and oxygen atoms in total. The second-order valence-electron chi connectivity index (χ2n) is 4.84. The highest BCUT2D eigenvalue weighted by atomic mass is 35.5. The summed E-state index contributed by atoms with van der Waals surface area (Å²) in [5.41, 5.74) is 1.46. The van der Waals surface area contributed by atoms with Gasteiger partial charge in [-0.05, 0) is 23.8 Å². The molecule has 1 aliphatic rings. The highest BCUT2D eigenvalue weighted by Crippen LogP contribution is 2.33. The average molecular weight is 306 g/mol. The number of pyridine rings is 1. The first-order valence-electron chi connectivity index (χ1n) is 6.42. The van der Waals surface area contributed by atoms with Crippen molar-refractivity contribution >= 4 is 17.6 Å². The van der Waals surface area contributed by atoms with Gasteiger partial charge in [-0.2, -0.15) is 0 Å². The fourth-order valence-corrected chi connectivity index (χ4v) is 2.68. The van der Waals surface area contributed by atoms with Crippen molar-refractivity contribution in [2.24, 2.45) is 0 Å². The Kier molecular flexibility index (Phi) is 3.43. The van der Waals surface area contributed by atoms with E-state index in [1.165, 1.54) is 16.8 Å². The molecular weight excluding hydrogens is 294 g/mol. The van der Waals surface area contributed by atoms with Crippen LogP contribution in [0.5, 0.6) is 5.75 Å². The summed E-state index contributed by atoms with van der Waals surface area (Å²) in [6, 6.07) is 6.14. The predicted molar refractivity (Wildman–Crippen MR) is 77.4 cm³/mol. The van der Waals surface area contributed by atoms with Crippen LogP contribution in [0, 0.1) is 0 Å². The second-order valence-corrected chi connectivity index (χ2v) is 5.27. The van der Waals surface area contributed by atoms with Crippen molar-refractivity contribution in [2.75, 3.05) is 6.61 Å². The number of halogens is 1. The van der Waals surface area contributed by atoms with Gasteiger partial charge < -0.3 is 14.4 Å². The van der Waals surface area contributed by atoms with E-state index in [4.69, 9.17) is 21.4 Å². The summed E-state index contributed by atoms with van der Waals surface area (Å²) >= 11 is 6.08. The Morgan fingerprint density at radius 3 is 2.90 bits per heavy atom. The first-order valence-corrected chi connectivity index (χ1v) is 6.80. The van der Waals surface area contributed by atoms with Crippen molar-refractivity contribution in [3.8, 4) is 5.75 Å². The molecule has 2 aromatic rings. The molecule has 0 bridgehead atoms. The van der Waals surface area contributed by atoms with Gasteiger partial charge in [0.1, 0.15) is 5.75 Å². The minimum atomic E-state index is -1.12. The van der Waals surface area contributed by atoms with Crippen LogP contribution in [-0.2, 0) is 13.0 Å². The third-order valence-corrected chi connectivity index (χ3v) is 3.63. The van der Waals surface area contributed by atoms with E-state index in [2.05, 4.69) is 0 Å². The molecule has 1 N–H and O–H groups in total. The molecule has 21 heavy (non-hydrogen) atoms. The molecule has 0 atom stereocenters. The molecule has 0 amide bonds. The van der Waals surface area contributed by atoms with Crippen LogP contribution < -0.4 is 10.3 Å².